The molecular formula is C13H19NO5S2. The van der Waals surface area contributed by atoms with E-state index >= 15 is 0 Å². The number of ether oxygens (including phenoxy) is 1. The van der Waals surface area contributed by atoms with E-state index in [1.54, 1.807) is 18.4 Å². The van der Waals surface area contributed by atoms with Crippen molar-refractivity contribution in [2.75, 3.05) is 13.2 Å². The van der Waals surface area contributed by atoms with Crippen LogP contribution in [0.15, 0.2) is 15.7 Å². The van der Waals surface area contributed by atoms with Gasteiger partial charge in [0.15, 0.2) is 0 Å². The highest BCUT2D eigenvalue weighted by atomic mass is 32.2. The summed E-state index contributed by atoms with van der Waals surface area (Å²) >= 11 is 1.09. The van der Waals surface area contributed by atoms with Crippen LogP contribution in [0.2, 0.25) is 0 Å². The predicted octanol–water partition coefficient (Wildman–Crippen LogP) is 1.60. The highest BCUT2D eigenvalue weighted by Gasteiger charge is 2.29. The molecule has 1 aromatic rings. The highest BCUT2D eigenvalue weighted by Crippen LogP contribution is 2.23. The van der Waals surface area contributed by atoms with E-state index in [-0.39, 0.29) is 10.1 Å². The van der Waals surface area contributed by atoms with Crippen molar-refractivity contribution >= 4 is 27.3 Å². The first kappa shape index (κ1) is 16.4. The molecule has 21 heavy (non-hydrogen) atoms. The summed E-state index contributed by atoms with van der Waals surface area (Å²) in [4.78, 5) is 11.3. The Labute approximate surface area is 128 Å². The van der Waals surface area contributed by atoms with Crippen LogP contribution in [-0.2, 0) is 19.6 Å². The number of carboxylic acids is 1. The molecule has 2 heterocycles. The smallest absolute Gasteiger partial charge is 0.321 e. The van der Waals surface area contributed by atoms with Crippen molar-refractivity contribution in [3.05, 3.63) is 17.0 Å². The standard InChI is InChI=1S/C13H19NO5S2/c1-9-6-12(20-8-9)21(17,18)14-11(13(15)16)7-10-2-4-19-5-3-10/h6,8,10-11,14H,2-5,7H2,1H3,(H,15,16). The molecule has 0 saturated carbocycles. The molecule has 1 aromatic heterocycles. The number of hydrogen-bond donors (Lipinski definition) is 2. The van der Waals surface area contributed by atoms with Gasteiger partial charge in [0.1, 0.15) is 10.3 Å². The first-order chi connectivity index (χ1) is 9.88. The third-order valence-corrected chi connectivity index (χ3v) is 6.51. The van der Waals surface area contributed by atoms with Crippen LogP contribution in [0.25, 0.3) is 0 Å². The zero-order valence-corrected chi connectivity index (χ0v) is 13.4. The van der Waals surface area contributed by atoms with Gasteiger partial charge in [0.2, 0.25) is 0 Å². The molecule has 0 aromatic carbocycles. The van der Waals surface area contributed by atoms with Gasteiger partial charge in [0.25, 0.3) is 10.0 Å². The number of rotatable bonds is 6. The summed E-state index contributed by atoms with van der Waals surface area (Å²) in [5, 5.41) is 11.0. The number of thiophene rings is 1. The van der Waals surface area contributed by atoms with E-state index in [1.165, 1.54) is 0 Å². The van der Waals surface area contributed by atoms with E-state index in [1.807, 2.05) is 0 Å². The molecule has 6 nitrogen and oxygen atoms in total. The maximum absolute atomic E-state index is 12.2. The molecule has 1 fully saturated rings. The minimum Gasteiger partial charge on any atom is -0.480 e. The largest absolute Gasteiger partial charge is 0.480 e. The number of sulfonamides is 1. The molecule has 1 aliphatic rings. The summed E-state index contributed by atoms with van der Waals surface area (Å²) < 4.78 is 32.1. The van der Waals surface area contributed by atoms with Crippen LogP contribution in [0.3, 0.4) is 0 Å². The summed E-state index contributed by atoms with van der Waals surface area (Å²) in [6, 6.07) is 0.445. The lowest BCUT2D eigenvalue weighted by molar-refractivity contribution is -0.139. The van der Waals surface area contributed by atoms with Gasteiger partial charge in [-0.05, 0) is 49.1 Å². The summed E-state index contributed by atoms with van der Waals surface area (Å²) in [7, 11) is -3.78. The Hall–Kier alpha value is -0.960. The van der Waals surface area contributed by atoms with Crippen molar-refractivity contribution in [2.45, 2.75) is 36.4 Å². The fraction of sp³-hybridized carbons (Fsp3) is 0.615. The molecule has 1 atom stereocenters. The Bertz CT molecular complexity index is 589. The van der Waals surface area contributed by atoms with E-state index < -0.39 is 22.0 Å². The van der Waals surface area contributed by atoms with Gasteiger partial charge >= 0.3 is 5.97 Å². The minimum atomic E-state index is -3.78. The normalized spacial score (nSPS) is 18.5. The highest BCUT2D eigenvalue weighted by molar-refractivity contribution is 7.91. The molecule has 8 heteroatoms. The third-order valence-electron chi connectivity index (χ3n) is 3.48. The second-order valence-corrected chi connectivity index (χ2v) is 8.10. The Balaban J connectivity index is 2.06. The first-order valence-electron chi connectivity index (χ1n) is 6.76. The van der Waals surface area contributed by atoms with Crippen molar-refractivity contribution < 1.29 is 23.1 Å². The summed E-state index contributed by atoms with van der Waals surface area (Å²) in [6.45, 7) is 3.01. The van der Waals surface area contributed by atoms with Gasteiger partial charge in [-0.3, -0.25) is 4.79 Å². The molecular weight excluding hydrogens is 314 g/mol. The van der Waals surface area contributed by atoms with Crippen LogP contribution in [0.5, 0.6) is 0 Å². The SMILES string of the molecule is Cc1csc(S(=O)(=O)NC(CC2CCOCC2)C(=O)O)c1. The van der Waals surface area contributed by atoms with E-state index in [9.17, 15) is 18.3 Å². The molecule has 0 aliphatic carbocycles. The van der Waals surface area contributed by atoms with Crippen LogP contribution < -0.4 is 4.72 Å². The number of aliphatic carboxylic acids is 1. The number of nitrogens with one attached hydrogen (secondary N) is 1. The van der Waals surface area contributed by atoms with Gasteiger partial charge < -0.3 is 9.84 Å². The summed E-state index contributed by atoms with van der Waals surface area (Å²) in [5.74, 6) is -0.967. The molecule has 2 rings (SSSR count). The number of hydrogen-bond acceptors (Lipinski definition) is 5. The topological polar surface area (TPSA) is 92.7 Å². The van der Waals surface area contributed by atoms with E-state index in [4.69, 9.17) is 4.74 Å². The van der Waals surface area contributed by atoms with Crippen molar-refractivity contribution in [3.63, 3.8) is 0 Å². The molecule has 0 bridgehead atoms. The van der Waals surface area contributed by atoms with Gasteiger partial charge in [-0.2, -0.15) is 4.72 Å². The zero-order chi connectivity index (χ0) is 15.5. The van der Waals surface area contributed by atoms with Crippen LogP contribution in [0, 0.1) is 12.8 Å². The first-order valence-corrected chi connectivity index (χ1v) is 9.13. The average molecular weight is 333 g/mol. The lowest BCUT2D eigenvalue weighted by Crippen LogP contribution is -2.42. The van der Waals surface area contributed by atoms with Gasteiger partial charge in [-0.1, -0.05) is 0 Å². The summed E-state index contributed by atoms with van der Waals surface area (Å²) in [6.07, 6.45) is 1.83. The van der Waals surface area contributed by atoms with Crippen LogP contribution >= 0.6 is 11.3 Å². The Kier molecular flexibility index (Phi) is 5.37. The maximum atomic E-state index is 12.2. The third kappa shape index (κ3) is 4.50. The number of aryl methyl sites for hydroxylation is 1. The van der Waals surface area contributed by atoms with Gasteiger partial charge in [-0.25, -0.2) is 8.42 Å². The molecule has 118 valence electrons. The minimum absolute atomic E-state index is 0.151. The van der Waals surface area contributed by atoms with Crippen LogP contribution in [0.4, 0.5) is 0 Å². The Morgan fingerprint density at radius 3 is 2.71 bits per heavy atom. The molecule has 0 radical (unpaired) electrons. The summed E-state index contributed by atoms with van der Waals surface area (Å²) in [5.41, 5.74) is 0.844. The van der Waals surface area contributed by atoms with Crippen molar-refractivity contribution in [3.8, 4) is 0 Å². The quantitative estimate of drug-likeness (QED) is 0.825. The van der Waals surface area contributed by atoms with Crippen LogP contribution in [0.1, 0.15) is 24.8 Å². The Morgan fingerprint density at radius 1 is 1.52 bits per heavy atom. The van der Waals surface area contributed by atoms with Crippen molar-refractivity contribution in [1.82, 2.24) is 4.72 Å². The van der Waals surface area contributed by atoms with Gasteiger partial charge in [0, 0.05) is 13.2 Å². The zero-order valence-electron chi connectivity index (χ0n) is 11.7. The molecule has 0 amide bonds. The molecule has 1 saturated heterocycles. The predicted molar refractivity (Wildman–Crippen MR) is 79.0 cm³/mol. The second kappa shape index (κ2) is 6.87. The van der Waals surface area contributed by atoms with Crippen LogP contribution in [-0.4, -0.2) is 38.7 Å². The molecule has 2 N–H and O–H groups in total. The fourth-order valence-corrected chi connectivity index (χ4v) is 4.75. The van der Waals surface area contributed by atoms with E-state index in [0.717, 1.165) is 29.7 Å². The second-order valence-electron chi connectivity index (χ2n) is 5.25. The molecule has 1 unspecified atom stereocenters. The monoisotopic (exact) mass is 333 g/mol. The van der Waals surface area contributed by atoms with Crippen molar-refractivity contribution in [2.24, 2.45) is 5.92 Å². The molecule has 1 aliphatic heterocycles. The Morgan fingerprint density at radius 2 is 2.19 bits per heavy atom. The van der Waals surface area contributed by atoms with E-state index in [2.05, 4.69) is 4.72 Å². The number of carbonyl (C=O) groups is 1. The van der Waals surface area contributed by atoms with E-state index in [0.29, 0.717) is 19.6 Å². The number of carboxylic acid groups (broad SMARTS) is 1. The maximum Gasteiger partial charge on any atom is 0.321 e. The van der Waals surface area contributed by atoms with Gasteiger partial charge in [0.05, 0.1) is 0 Å². The van der Waals surface area contributed by atoms with Gasteiger partial charge in [-0.15, -0.1) is 11.3 Å². The fourth-order valence-electron chi connectivity index (χ4n) is 2.31. The van der Waals surface area contributed by atoms with Crippen molar-refractivity contribution in [1.29, 1.82) is 0 Å². The average Bonchev–Trinajstić information content (AvgIpc) is 2.86. The lowest BCUT2D eigenvalue weighted by Gasteiger charge is -2.25. The molecule has 0 spiro atoms. The lowest BCUT2D eigenvalue weighted by atomic mass is 9.93.